The normalized spacial score (nSPS) is 18.5. The van der Waals surface area contributed by atoms with Crippen LogP contribution in [0.5, 0.6) is 0 Å². The van der Waals surface area contributed by atoms with E-state index in [2.05, 4.69) is 125 Å². The predicted octanol–water partition coefficient (Wildman–Crippen LogP) is 7.64. The standard InChI is InChI=1S/C33H36N2O/c1-19(2)24-12-9-8-11-23(24)15-16-26-28(27-14-10-13-25-21(4)18-34-31(25)27)17-20(3)30-29(26)22(5)32(36)33(6,7)35-30/h8-14,17-19,22,32,34-36H,1-7H3/t22-,32+/m1/s1. The topological polar surface area (TPSA) is 48.0 Å². The maximum Gasteiger partial charge on any atom is 0.0831 e. The fourth-order valence-electron chi connectivity index (χ4n) is 5.75. The number of fused-ring (bicyclic) bond motifs is 2. The van der Waals surface area contributed by atoms with Crippen LogP contribution in [0, 0.1) is 25.7 Å². The molecule has 0 spiro atoms. The molecule has 3 aromatic carbocycles. The molecular formula is C33H36N2O. The third kappa shape index (κ3) is 3.91. The van der Waals surface area contributed by atoms with E-state index in [1.807, 2.05) is 0 Å². The van der Waals surface area contributed by atoms with E-state index < -0.39 is 11.6 Å². The van der Waals surface area contributed by atoms with Crippen molar-refractivity contribution in [2.45, 2.75) is 71.9 Å². The monoisotopic (exact) mass is 476 g/mol. The Bertz CT molecular complexity index is 1530. The minimum absolute atomic E-state index is 0.0656. The molecule has 0 amide bonds. The van der Waals surface area contributed by atoms with E-state index in [0.29, 0.717) is 5.92 Å². The highest BCUT2D eigenvalue weighted by Gasteiger charge is 2.40. The zero-order chi connectivity index (χ0) is 25.8. The molecule has 0 radical (unpaired) electrons. The van der Waals surface area contributed by atoms with Crippen LogP contribution in [0.2, 0.25) is 0 Å². The van der Waals surface area contributed by atoms with Gasteiger partial charge < -0.3 is 15.4 Å². The molecule has 184 valence electrons. The van der Waals surface area contributed by atoms with Crippen LogP contribution in [0.3, 0.4) is 0 Å². The highest BCUT2D eigenvalue weighted by atomic mass is 16.3. The van der Waals surface area contributed by atoms with Crippen LogP contribution >= 0.6 is 0 Å². The molecule has 0 saturated carbocycles. The molecule has 3 heteroatoms. The molecule has 5 rings (SSSR count). The third-order valence-corrected chi connectivity index (χ3v) is 7.80. The number of hydrogen-bond acceptors (Lipinski definition) is 2. The summed E-state index contributed by atoms with van der Waals surface area (Å²) >= 11 is 0. The number of aryl methyl sites for hydroxylation is 2. The molecule has 3 N–H and O–H groups in total. The van der Waals surface area contributed by atoms with Gasteiger partial charge >= 0.3 is 0 Å². The van der Waals surface area contributed by atoms with Gasteiger partial charge in [0.15, 0.2) is 0 Å². The molecule has 4 aromatic rings. The fourth-order valence-corrected chi connectivity index (χ4v) is 5.75. The molecule has 2 atom stereocenters. The Balaban J connectivity index is 1.84. The first kappa shape index (κ1) is 24.2. The van der Waals surface area contributed by atoms with Crippen LogP contribution in [0.15, 0.2) is 54.7 Å². The molecule has 0 bridgehead atoms. The van der Waals surface area contributed by atoms with Gasteiger partial charge in [-0.15, -0.1) is 0 Å². The molecule has 0 aliphatic carbocycles. The number of benzene rings is 3. The van der Waals surface area contributed by atoms with Crippen molar-refractivity contribution in [3.05, 3.63) is 88.1 Å². The zero-order valence-electron chi connectivity index (χ0n) is 22.4. The van der Waals surface area contributed by atoms with E-state index in [0.717, 1.165) is 39.0 Å². The first-order valence-corrected chi connectivity index (χ1v) is 12.9. The molecule has 1 aliphatic rings. The summed E-state index contributed by atoms with van der Waals surface area (Å²) < 4.78 is 0. The largest absolute Gasteiger partial charge is 0.390 e. The molecule has 0 unspecified atom stereocenters. The Kier molecular flexibility index (Phi) is 5.97. The number of para-hydroxylation sites is 1. The van der Waals surface area contributed by atoms with Crippen molar-refractivity contribution in [3.63, 3.8) is 0 Å². The average molecular weight is 477 g/mol. The quantitative estimate of drug-likeness (QED) is 0.260. The number of hydrogen-bond donors (Lipinski definition) is 3. The van der Waals surface area contributed by atoms with E-state index in [4.69, 9.17) is 0 Å². The fraction of sp³-hybridized carbons (Fsp3) is 0.333. The summed E-state index contributed by atoms with van der Waals surface area (Å²) in [6.45, 7) is 15.0. The summed E-state index contributed by atoms with van der Waals surface area (Å²) in [6.07, 6.45) is 1.53. The van der Waals surface area contributed by atoms with Gasteiger partial charge in [0.05, 0.1) is 17.2 Å². The molecule has 2 heterocycles. The molecule has 36 heavy (non-hydrogen) atoms. The van der Waals surface area contributed by atoms with Gasteiger partial charge in [0, 0.05) is 45.4 Å². The number of aromatic nitrogens is 1. The van der Waals surface area contributed by atoms with Crippen molar-refractivity contribution in [3.8, 4) is 23.0 Å². The summed E-state index contributed by atoms with van der Waals surface area (Å²) in [6, 6.07) is 17.1. The summed E-state index contributed by atoms with van der Waals surface area (Å²) in [7, 11) is 0. The minimum Gasteiger partial charge on any atom is -0.390 e. The van der Waals surface area contributed by atoms with Crippen molar-refractivity contribution in [1.82, 2.24) is 4.98 Å². The van der Waals surface area contributed by atoms with Crippen molar-refractivity contribution >= 4 is 16.6 Å². The second-order valence-electron chi connectivity index (χ2n) is 11.2. The Labute approximate surface area is 215 Å². The number of aliphatic hydroxyl groups is 1. The lowest BCUT2D eigenvalue weighted by Crippen LogP contribution is -2.50. The van der Waals surface area contributed by atoms with Crippen molar-refractivity contribution in [1.29, 1.82) is 0 Å². The lowest BCUT2D eigenvalue weighted by molar-refractivity contribution is 0.0868. The second-order valence-corrected chi connectivity index (χ2v) is 11.2. The Morgan fingerprint density at radius 2 is 1.69 bits per heavy atom. The number of rotatable bonds is 2. The maximum absolute atomic E-state index is 11.3. The van der Waals surface area contributed by atoms with E-state index in [1.54, 1.807) is 0 Å². The van der Waals surface area contributed by atoms with Gasteiger partial charge in [-0.1, -0.05) is 69.0 Å². The van der Waals surface area contributed by atoms with Crippen LogP contribution in [-0.4, -0.2) is 21.7 Å². The molecular weight excluding hydrogens is 440 g/mol. The van der Waals surface area contributed by atoms with Crippen molar-refractivity contribution in [2.24, 2.45) is 0 Å². The Morgan fingerprint density at radius 1 is 0.944 bits per heavy atom. The first-order valence-electron chi connectivity index (χ1n) is 12.9. The van der Waals surface area contributed by atoms with E-state index in [9.17, 15) is 5.11 Å². The third-order valence-electron chi connectivity index (χ3n) is 7.80. The van der Waals surface area contributed by atoms with Gasteiger partial charge in [-0.25, -0.2) is 0 Å². The number of aromatic amines is 1. The lowest BCUT2D eigenvalue weighted by Gasteiger charge is -2.43. The summed E-state index contributed by atoms with van der Waals surface area (Å²) in [4.78, 5) is 3.50. The van der Waals surface area contributed by atoms with Gasteiger partial charge in [-0.05, 0) is 68.0 Å². The van der Waals surface area contributed by atoms with Gasteiger partial charge in [0.25, 0.3) is 0 Å². The van der Waals surface area contributed by atoms with Crippen molar-refractivity contribution < 1.29 is 5.11 Å². The van der Waals surface area contributed by atoms with E-state index in [1.165, 1.54) is 22.1 Å². The summed E-state index contributed by atoms with van der Waals surface area (Å²) in [5.41, 5.74) is 10.8. The van der Waals surface area contributed by atoms with Crippen LogP contribution in [0.4, 0.5) is 5.69 Å². The molecule has 3 nitrogen and oxygen atoms in total. The highest BCUT2D eigenvalue weighted by Crippen LogP contribution is 2.46. The van der Waals surface area contributed by atoms with Gasteiger partial charge in [0.2, 0.25) is 0 Å². The molecule has 1 aromatic heterocycles. The number of aliphatic hydroxyl groups excluding tert-OH is 1. The van der Waals surface area contributed by atoms with Crippen LogP contribution in [0.25, 0.3) is 22.0 Å². The van der Waals surface area contributed by atoms with Gasteiger partial charge in [-0.2, -0.15) is 0 Å². The smallest absolute Gasteiger partial charge is 0.0831 e. The van der Waals surface area contributed by atoms with Crippen LogP contribution in [0.1, 0.15) is 79.8 Å². The predicted molar refractivity (Wildman–Crippen MR) is 152 cm³/mol. The van der Waals surface area contributed by atoms with Crippen LogP contribution in [-0.2, 0) is 0 Å². The van der Waals surface area contributed by atoms with Gasteiger partial charge in [-0.3, -0.25) is 0 Å². The minimum atomic E-state index is -0.535. The Hall–Kier alpha value is -3.48. The summed E-state index contributed by atoms with van der Waals surface area (Å²) in [5.74, 6) is 7.47. The Morgan fingerprint density at radius 3 is 2.44 bits per heavy atom. The molecule has 0 saturated heterocycles. The van der Waals surface area contributed by atoms with Gasteiger partial charge in [0.1, 0.15) is 0 Å². The van der Waals surface area contributed by atoms with Crippen molar-refractivity contribution in [2.75, 3.05) is 5.32 Å². The zero-order valence-corrected chi connectivity index (χ0v) is 22.4. The SMILES string of the molecule is Cc1cc(-c2cccc3c(C)c[nH]c23)c(C#Cc2ccccc2C(C)C)c2c1NC(C)(C)[C@@H](O)[C@@H]2C. The maximum atomic E-state index is 11.3. The molecule has 0 fully saturated rings. The van der Waals surface area contributed by atoms with E-state index in [-0.39, 0.29) is 5.92 Å². The number of nitrogens with one attached hydrogen (secondary N) is 2. The lowest BCUT2D eigenvalue weighted by atomic mass is 9.75. The van der Waals surface area contributed by atoms with E-state index >= 15 is 0 Å². The summed E-state index contributed by atoms with van der Waals surface area (Å²) in [5, 5.41) is 16.2. The number of anilines is 1. The molecule has 1 aliphatic heterocycles. The van der Waals surface area contributed by atoms with Crippen LogP contribution < -0.4 is 5.32 Å². The second kappa shape index (κ2) is 8.87. The number of H-pyrrole nitrogens is 1. The average Bonchev–Trinajstić information content (AvgIpc) is 3.23. The highest BCUT2D eigenvalue weighted by molar-refractivity contribution is 5.98. The first-order chi connectivity index (χ1) is 17.1.